The number of aryl methyl sites for hydroxylation is 1. The van der Waals surface area contributed by atoms with Gasteiger partial charge < -0.3 is 14.6 Å². The van der Waals surface area contributed by atoms with E-state index < -0.39 is 0 Å². The molecule has 0 saturated heterocycles. The first kappa shape index (κ1) is 23.6. The molecule has 0 saturated carbocycles. The van der Waals surface area contributed by atoms with Gasteiger partial charge in [0.15, 0.2) is 0 Å². The van der Waals surface area contributed by atoms with Crippen molar-refractivity contribution in [3.63, 3.8) is 0 Å². The number of nitrogens with one attached hydrogen (secondary N) is 1. The van der Waals surface area contributed by atoms with Crippen molar-refractivity contribution < 1.29 is 4.74 Å². The molecule has 33 heavy (non-hydrogen) atoms. The molecule has 1 aliphatic rings. The van der Waals surface area contributed by atoms with Crippen molar-refractivity contribution in [1.29, 1.82) is 0 Å². The van der Waals surface area contributed by atoms with Gasteiger partial charge in [0.05, 0.1) is 26.9 Å². The maximum Gasteiger partial charge on any atom is 0.258 e. The summed E-state index contributed by atoms with van der Waals surface area (Å²) in [6.07, 6.45) is 5.27. The molecule has 4 heterocycles. The van der Waals surface area contributed by atoms with E-state index >= 15 is 0 Å². The highest BCUT2D eigenvalue weighted by Crippen LogP contribution is 2.29. The Kier molecular flexibility index (Phi) is 7.00. The molecule has 5 rings (SSSR count). The number of pyridine rings is 2. The molecule has 6 nitrogen and oxygen atoms in total. The summed E-state index contributed by atoms with van der Waals surface area (Å²) in [5.74, 6) is 0.457. The Morgan fingerprint density at radius 2 is 1.94 bits per heavy atom. The lowest BCUT2D eigenvalue weighted by Crippen LogP contribution is -2.17. The summed E-state index contributed by atoms with van der Waals surface area (Å²) in [6.45, 7) is 2.13. The zero-order chi connectivity index (χ0) is 22.2. The van der Waals surface area contributed by atoms with Crippen molar-refractivity contribution in [3.05, 3.63) is 86.1 Å². The number of ether oxygens (including phenoxy) is 1. The molecule has 0 aliphatic carbocycles. The second kappa shape index (κ2) is 9.77. The van der Waals surface area contributed by atoms with Gasteiger partial charge in [0.2, 0.25) is 0 Å². The zero-order valence-corrected chi connectivity index (χ0v) is 20.3. The van der Waals surface area contributed by atoms with Crippen LogP contribution >= 0.6 is 35.6 Å². The van der Waals surface area contributed by atoms with Crippen LogP contribution in [0.4, 0.5) is 0 Å². The summed E-state index contributed by atoms with van der Waals surface area (Å²) in [5, 5.41) is 5.61. The molecule has 172 valence electrons. The Morgan fingerprint density at radius 1 is 1.12 bits per heavy atom. The van der Waals surface area contributed by atoms with Crippen LogP contribution in [0.2, 0.25) is 10.0 Å². The van der Waals surface area contributed by atoms with Crippen LogP contribution in [0.1, 0.15) is 17.0 Å². The van der Waals surface area contributed by atoms with Gasteiger partial charge in [0.25, 0.3) is 5.56 Å². The van der Waals surface area contributed by atoms with E-state index in [1.165, 1.54) is 28.9 Å². The molecular formula is C24H23Cl3N4O2. The molecule has 1 aromatic carbocycles. The molecule has 4 aromatic rings. The van der Waals surface area contributed by atoms with Crippen LogP contribution in [-0.4, -0.2) is 27.2 Å². The standard InChI is InChI=1S/C24H22Cl2N4O2.ClH/c1-29-22-5-8-27-7-4-19(22)18-3-2-16(11-23(18)29)30-9-6-17(12-24(30)31)32-14-21-20(26)10-15(25)13-28-21;/h2-3,6,9-13,27H,4-5,7-8,14H2,1H3;1H. The van der Waals surface area contributed by atoms with E-state index in [0.29, 0.717) is 21.5 Å². The van der Waals surface area contributed by atoms with Gasteiger partial charge in [-0.15, -0.1) is 12.4 Å². The maximum atomic E-state index is 12.8. The topological polar surface area (TPSA) is 61.1 Å². The average Bonchev–Trinajstić information content (AvgIpc) is 2.93. The highest BCUT2D eigenvalue weighted by atomic mass is 35.5. The highest BCUT2D eigenvalue weighted by molar-refractivity contribution is 6.34. The Bertz CT molecular complexity index is 1380. The first-order chi connectivity index (χ1) is 15.5. The predicted octanol–water partition coefficient (Wildman–Crippen LogP) is 4.72. The first-order valence-electron chi connectivity index (χ1n) is 10.5. The fraction of sp³-hybridized carbons (Fsp3) is 0.250. The Labute approximate surface area is 207 Å². The number of rotatable bonds is 4. The van der Waals surface area contributed by atoms with Crippen LogP contribution in [0.25, 0.3) is 16.6 Å². The minimum Gasteiger partial charge on any atom is -0.487 e. The van der Waals surface area contributed by atoms with Crippen LogP contribution < -0.4 is 15.6 Å². The molecule has 0 unspecified atom stereocenters. The van der Waals surface area contributed by atoms with Crippen molar-refractivity contribution in [3.8, 4) is 11.4 Å². The number of aromatic nitrogens is 3. The molecule has 1 N–H and O–H groups in total. The molecule has 0 radical (unpaired) electrons. The van der Waals surface area contributed by atoms with E-state index in [2.05, 4.69) is 34.0 Å². The molecule has 0 bridgehead atoms. The summed E-state index contributed by atoms with van der Waals surface area (Å²) in [4.78, 5) is 17.0. The second-order valence-electron chi connectivity index (χ2n) is 7.88. The van der Waals surface area contributed by atoms with Crippen molar-refractivity contribution in [2.75, 3.05) is 13.1 Å². The smallest absolute Gasteiger partial charge is 0.258 e. The maximum absolute atomic E-state index is 12.8. The third kappa shape index (κ3) is 4.62. The van der Waals surface area contributed by atoms with Gasteiger partial charge in [-0.2, -0.15) is 0 Å². The fourth-order valence-electron chi connectivity index (χ4n) is 4.31. The SMILES string of the molecule is Cl.Cn1c2c(c3ccc(-n4ccc(OCc5ncc(Cl)cc5Cl)cc4=O)cc31)CCNCC2. The highest BCUT2D eigenvalue weighted by Gasteiger charge is 2.17. The normalized spacial score (nSPS) is 13.3. The molecular weight excluding hydrogens is 483 g/mol. The predicted molar refractivity (Wildman–Crippen MR) is 135 cm³/mol. The lowest BCUT2D eigenvalue weighted by atomic mass is 10.1. The molecule has 1 aliphatic heterocycles. The molecule has 3 aromatic heterocycles. The lowest BCUT2D eigenvalue weighted by Gasteiger charge is -2.10. The van der Waals surface area contributed by atoms with E-state index in [4.69, 9.17) is 27.9 Å². The number of hydrogen-bond acceptors (Lipinski definition) is 4. The average molecular weight is 506 g/mol. The molecule has 9 heteroatoms. The van der Waals surface area contributed by atoms with Crippen molar-refractivity contribution >= 4 is 46.5 Å². The first-order valence-corrected chi connectivity index (χ1v) is 11.2. The molecule has 0 atom stereocenters. The number of fused-ring (bicyclic) bond motifs is 3. The van der Waals surface area contributed by atoms with Gasteiger partial charge in [-0.1, -0.05) is 29.3 Å². The van der Waals surface area contributed by atoms with E-state index in [-0.39, 0.29) is 24.6 Å². The van der Waals surface area contributed by atoms with Crippen molar-refractivity contribution in [1.82, 2.24) is 19.4 Å². The van der Waals surface area contributed by atoms with Gasteiger partial charge >= 0.3 is 0 Å². The van der Waals surface area contributed by atoms with Crippen LogP contribution in [0.5, 0.6) is 5.75 Å². The molecule has 0 spiro atoms. The fourth-order valence-corrected chi connectivity index (χ4v) is 4.75. The van der Waals surface area contributed by atoms with Gasteiger partial charge in [-0.25, -0.2) is 0 Å². The quantitative estimate of drug-likeness (QED) is 0.436. The number of nitrogens with zero attached hydrogens (tertiary/aromatic N) is 3. The molecule has 0 amide bonds. The van der Waals surface area contributed by atoms with Gasteiger partial charge in [0, 0.05) is 49.6 Å². The van der Waals surface area contributed by atoms with Crippen LogP contribution in [0.15, 0.2) is 53.6 Å². The van der Waals surface area contributed by atoms with Crippen LogP contribution in [0, 0.1) is 0 Å². The summed E-state index contributed by atoms with van der Waals surface area (Å²) >= 11 is 12.0. The Hall–Kier alpha value is -2.51. The van der Waals surface area contributed by atoms with Gasteiger partial charge in [-0.3, -0.25) is 14.3 Å². The number of halogens is 3. The van der Waals surface area contributed by atoms with Gasteiger partial charge in [-0.05, 0) is 42.8 Å². The number of benzene rings is 1. The summed E-state index contributed by atoms with van der Waals surface area (Å²) in [6, 6.07) is 11.1. The van der Waals surface area contributed by atoms with E-state index in [0.717, 1.165) is 37.1 Å². The van der Waals surface area contributed by atoms with E-state index in [9.17, 15) is 4.79 Å². The number of hydrogen-bond donors (Lipinski definition) is 1. The lowest BCUT2D eigenvalue weighted by molar-refractivity contribution is 0.300. The second-order valence-corrected chi connectivity index (χ2v) is 8.72. The van der Waals surface area contributed by atoms with Crippen molar-refractivity contribution in [2.24, 2.45) is 7.05 Å². The summed E-state index contributed by atoms with van der Waals surface area (Å²) in [7, 11) is 2.10. The van der Waals surface area contributed by atoms with E-state index in [1.807, 2.05) is 6.07 Å². The molecule has 0 fully saturated rings. The largest absolute Gasteiger partial charge is 0.487 e. The van der Waals surface area contributed by atoms with Crippen LogP contribution in [-0.2, 0) is 26.5 Å². The van der Waals surface area contributed by atoms with Crippen LogP contribution in [0.3, 0.4) is 0 Å². The van der Waals surface area contributed by atoms with Crippen molar-refractivity contribution in [2.45, 2.75) is 19.4 Å². The summed E-state index contributed by atoms with van der Waals surface area (Å²) in [5.41, 5.74) is 5.13. The van der Waals surface area contributed by atoms with E-state index in [1.54, 1.807) is 22.9 Å². The monoisotopic (exact) mass is 504 g/mol. The Balaban J connectivity index is 0.00000259. The minimum atomic E-state index is -0.169. The summed E-state index contributed by atoms with van der Waals surface area (Å²) < 4.78 is 9.61. The zero-order valence-electron chi connectivity index (χ0n) is 18.0. The van der Waals surface area contributed by atoms with Gasteiger partial charge in [0.1, 0.15) is 12.4 Å². The third-order valence-electron chi connectivity index (χ3n) is 5.94. The Morgan fingerprint density at radius 3 is 2.73 bits per heavy atom. The minimum absolute atomic E-state index is 0. The third-order valence-corrected chi connectivity index (χ3v) is 6.47.